The molecule has 0 aliphatic rings. The number of thioether (sulfide) groups is 1. The smallest absolute Gasteiger partial charge is 0.381 e. The minimum Gasteiger partial charge on any atom is -0.381 e. The fourth-order valence-electron chi connectivity index (χ4n) is 2.02. The molecule has 0 aliphatic heterocycles. The van der Waals surface area contributed by atoms with E-state index in [0.717, 1.165) is 5.69 Å². The molecule has 0 aromatic heterocycles. The van der Waals surface area contributed by atoms with E-state index in [2.05, 4.69) is 17.4 Å². The SMILES string of the molecule is Cc1ccc(CNc2ccc(SC(F)(F)F)cc2)c(C)c1. The second-order valence-electron chi connectivity index (χ2n) is 4.86. The fraction of sp³-hybridized carbons (Fsp3) is 0.250. The second kappa shape index (κ2) is 6.43. The molecule has 0 saturated carbocycles. The number of alkyl halides is 3. The minimum atomic E-state index is -4.24. The Hall–Kier alpha value is -1.62. The highest BCUT2D eigenvalue weighted by molar-refractivity contribution is 8.00. The van der Waals surface area contributed by atoms with E-state index in [0.29, 0.717) is 6.54 Å². The third-order valence-electron chi connectivity index (χ3n) is 3.07. The highest BCUT2D eigenvalue weighted by Crippen LogP contribution is 2.37. The van der Waals surface area contributed by atoms with Crippen molar-refractivity contribution in [2.45, 2.75) is 30.8 Å². The summed E-state index contributed by atoms with van der Waals surface area (Å²) in [6.45, 7) is 4.74. The third kappa shape index (κ3) is 5.01. The second-order valence-corrected chi connectivity index (χ2v) is 5.99. The van der Waals surface area contributed by atoms with Gasteiger partial charge >= 0.3 is 5.51 Å². The number of hydrogen-bond donors (Lipinski definition) is 1. The first-order valence-electron chi connectivity index (χ1n) is 6.49. The van der Waals surface area contributed by atoms with Crippen LogP contribution in [0.5, 0.6) is 0 Å². The van der Waals surface area contributed by atoms with E-state index in [1.807, 2.05) is 19.9 Å². The first kappa shape index (κ1) is 15.8. The Labute approximate surface area is 126 Å². The van der Waals surface area contributed by atoms with Gasteiger partial charge < -0.3 is 5.32 Å². The van der Waals surface area contributed by atoms with Crippen LogP contribution in [0.1, 0.15) is 16.7 Å². The van der Waals surface area contributed by atoms with E-state index in [1.54, 1.807) is 12.1 Å². The average molecular weight is 311 g/mol. The lowest BCUT2D eigenvalue weighted by atomic mass is 10.1. The molecule has 0 aliphatic carbocycles. The predicted molar refractivity (Wildman–Crippen MR) is 81.6 cm³/mol. The maximum atomic E-state index is 12.2. The van der Waals surface area contributed by atoms with E-state index in [1.165, 1.54) is 28.8 Å². The van der Waals surface area contributed by atoms with Gasteiger partial charge in [-0.2, -0.15) is 13.2 Å². The van der Waals surface area contributed by atoms with Crippen LogP contribution in [0.2, 0.25) is 0 Å². The molecule has 1 nitrogen and oxygen atoms in total. The first-order chi connectivity index (χ1) is 9.83. The molecule has 1 N–H and O–H groups in total. The summed E-state index contributed by atoms with van der Waals surface area (Å²) < 4.78 is 36.7. The molecule has 0 heterocycles. The zero-order chi connectivity index (χ0) is 15.5. The van der Waals surface area contributed by atoms with Crippen LogP contribution in [0.3, 0.4) is 0 Å². The summed E-state index contributed by atoms with van der Waals surface area (Å²) in [6.07, 6.45) is 0. The van der Waals surface area contributed by atoms with Crippen molar-refractivity contribution < 1.29 is 13.2 Å². The maximum Gasteiger partial charge on any atom is 0.446 e. The molecule has 0 unspecified atom stereocenters. The quantitative estimate of drug-likeness (QED) is 0.745. The summed E-state index contributed by atoms with van der Waals surface area (Å²) in [5.74, 6) is 0. The molecule has 2 aromatic rings. The van der Waals surface area contributed by atoms with Gasteiger partial charge in [-0.3, -0.25) is 0 Å². The van der Waals surface area contributed by atoms with Gasteiger partial charge in [-0.25, -0.2) is 0 Å². The summed E-state index contributed by atoms with van der Waals surface area (Å²) in [5, 5.41) is 3.22. The summed E-state index contributed by atoms with van der Waals surface area (Å²) in [4.78, 5) is 0.194. The van der Waals surface area contributed by atoms with E-state index in [4.69, 9.17) is 0 Å². The summed E-state index contributed by atoms with van der Waals surface area (Å²) >= 11 is -0.0998. The number of rotatable bonds is 4. The molecule has 0 bridgehead atoms. The maximum absolute atomic E-state index is 12.2. The zero-order valence-corrected chi connectivity index (χ0v) is 12.6. The van der Waals surface area contributed by atoms with E-state index >= 15 is 0 Å². The van der Waals surface area contributed by atoms with Gasteiger partial charge in [-0.05, 0) is 61.0 Å². The van der Waals surface area contributed by atoms with Crippen molar-refractivity contribution in [3.05, 3.63) is 59.2 Å². The van der Waals surface area contributed by atoms with Gasteiger partial charge in [0, 0.05) is 17.1 Å². The molecule has 5 heteroatoms. The van der Waals surface area contributed by atoms with Crippen LogP contribution < -0.4 is 5.32 Å². The van der Waals surface area contributed by atoms with Crippen molar-refractivity contribution >= 4 is 17.4 Å². The molecular formula is C16H16F3NS. The molecule has 112 valence electrons. The normalized spacial score (nSPS) is 11.5. The highest BCUT2D eigenvalue weighted by Gasteiger charge is 2.28. The molecule has 2 aromatic carbocycles. The van der Waals surface area contributed by atoms with E-state index < -0.39 is 5.51 Å². The molecule has 2 rings (SSSR count). The Morgan fingerprint density at radius 2 is 1.67 bits per heavy atom. The zero-order valence-electron chi connectivity index (χ0n) is 11.8. The molecule has 21 heavy (non-hydrogen) atoms. The monoisotopic (exact) mass is 311 g/mol. The van der Waals surface area contributed by atoms with Crippen LogP contribution >= 0.6 is 11.8 Å². The Kier molecular flexibility index (Phi) is 4.83. The minimum absolute atomic E-state index is 0.0998. The van der Waals surface area contributed by atoms with E-state index in [9.17, 15) is 13.2 Å². The molecule has 0 amide bonds. The van der Waals surface area contributed by atoms with Crippen molar-refractivity contribution in [2.75, 3.05) is 5.32 Å². The third-order valence-corrected chi connectivity index (χ3v) is 3.81. The molecule has 0 atom stereocenters. The summed E-state index contributed by atoms with van der Waals surface area (Å²) in [7, 11) is 0. The van der Waals surface area contributed by atoms with Crippen LogP contribution in [-0.2, 0) is 6.54 Å². The lowest BCUT2D eigenvalue weighted by molar-refractivity contribution is -0.0328. The van der Waals surface area contributed by atoms with Crippen LogP contribution in [0.4, 0.5) is 18.9 Å². The topological polar surface area (TPSA) is 12.0 Å². The summed E-state index contributed by atoms with van der Waals surface area (Å²) in [6, 6.07) is 12.5. The number of benzene rings is 2. The standard InChI is InChI=1S/C16H16F3NS/c1-11-3-4-13(12(2)9-11)10-20-14-5-7-15(8-6-14)21-16(17,18)19/h3-9,20H,10H2,1-2H3. The molecule has 0 radical (unpaired) electrons. The molecule has 0 spiro atoms. The number of halogens is 3. The number of hydrogen-bond acceptors (Lipinski definition) is 2. The first-order valence-corrected chi connectivity index (χ1v) is 7.31. The van der Waals surface area contributed by atoms with Crippen molar-refractivity contribution in [1.29, 1.82) is 0 Å². The Bertz CT molecular complexity index is 606. The average Bonchev–Trinajstić information content (AvgIpc) is 2.38. The number of aryl methyl sites for hydroxylation is 2. The van der Waals surface area contributed by atoms with Crippen LogP contribution in [-0.4, -0.2) is 5.51 Å². The Morgan fingerprint density at radius 3 is 2.24 bits per heavy atom. The van der Waals surface area contributed by atoms with Crippen molar-refractivity contribution in [3.63, 3.8) is 0 Å². The van der Waals surface area contributed by atoms with Gasteiger partial charge in [0.25, 0.3) is 0 Å². The Morgan fingerprint density at radius 1 is 1.00 bits per heavy atom. The van der Waals surface area contributed by atoms with Gasteiger partial charge in [0.2, 0.25) is 0 Å². The van der Waals surface area contributed by atoms with Gasteiger partial charge in [-0.1, -0.05) is 23.8 Å². The van der Waals surface area contributed by atoms with Gasteiger partial charge in [0.05, 0.1) is 0 Å². The van der Waals surface area contributed by atoms with Crippen LogP contribution in [0.25, 0.3) is 0 Å². The molecular weight excluding hydrogens is 295 g/mol. The number of anilines is 1. The van der Waals surface area contributed by atoms with Gasteiger partial charge in [0.15, 0.2) is 0 Å². The Balaban J connectivity index is 1.97. The van der Waals surface area contributed by atoms with Gasteiger partial charge in [-0.15, -0.1) is 0 Å². The number of nitrogens with one attached hydrogen (secondary N) is 1. The molecule has 0 saturated heterocycles. The van der Waals surface area contributed by atoms with Crippen molar-refractivity contribution in [1.82, 2.24) is 0 Å². The van der Waals surface area contributed by atoms with Crippen LogP contribution in [0, 0.1) is 13.8 Å². The van der Waals surface area contributed by atoms with E-state index in [-0.39, 0.29) is 16.7 Å². The summed E-state index contributed by atoms with van der Waals surface area (Å²) in [5.41, 5.74) is 0.154. The molecule has 0 fully saturated rings. The lowest BCUT2D eigenvalue weighted by Crippen LogP contribution is -2.02. The van der Waals surface area contributed by atoms with Crippen molar-refractivity contribution in [2.24, 2.45) is 0 Å². The van der Waals surface area contributed by atoms with Crippen LogP contribution in [0.15, 0.2) is 47.4 Å². The highest BCUT2D eigenvalue weighted by atomic mass is 32.2. The predicted octanol–water partition coefficient (Wildman–Crippen LogP) is 5.53. The lowest BCUT2D eigenvalue weighted by Gasteiger charge is -2.11. The largest absolute Gasteiger partial charge is 0.446 e. The van der Waals surface area contributed by atoms with Crippen molar-refractivity contribution in [3.8, 4) is 0 Å². The van der Waals surface area contributed by atoms with Gasteiger partial charge in [0.1, 0.15) is 0 Å². The fourth-order valence-corrected chi connectivity index (χ4v) is 2.56.